The van der Waals surface area contributed by atoms with E-state index in [1.165, 1.54) is 0 Å². The maximum absolute atomic E-state index is 14.2. The van der Waals surface area contributed by atoms with E-state index in [1.54, 1.807) is 0 Å². The van der Waals surface area contributed by atoms with Gasteiger partial charge in [0.05, 0.1) is 37.4 Å². The molecule has 188 valence electrons. The van der Waals surface area contributed by atoms with Crippen molar-refractivity contribution in [1.82, 2.24) is 4.98 Å². The molecule has 36 heavy (non-hydrogen) atoms. The number of nitrogens with zero attached hydrogens (tertiary/aromatic N) is 1. The van der Waals surface area contributed by atoms with Crippen LogP contribution < -0.4 is 14.8 Å². The van der Waals surface area contributed by atoms with Gasteiger partial charge in [0.15, 0.2) is 12.4 Å². The highest BCUT2D eigenvalue weighted by Gasteiger charge is 2.35. The fourth-order valence-corrected chi connectivity index (χ4v) is 4.72. The lowest BCUT2D eigenvalue weighted by molar-refractivity contribution is -0.137. The number of carbonyl (C=O) groups excluding carboxylic acids is 2. The number of pyridine rings is 1. The molecule has 0 radical (unpaired) electrons. The van der Waals surface area contributed by atoms with Crippen molar-refractivity contribution in [2.75, 3.05) is 16.6 Å². The first-order chi connectivity index (χ1) is 16.8. The summed E-state index contributed by atoms with van der Waals surface area (Å²) in [6, 6.07) is 4.62. The molecule has 0 saturated carbocycles. The van der Waals surface area contributed by atoms with Crippen LogP contribution in [0.1, 0.15) is 21.6 Å². The highest BCUT2D eigenvalue weighted by Crippen LogP contribution is 2.37. The summed E-state index contributed by atoms with van der Waals surface area (Å²) in [5.41, 5.74) is -2.99. The van der Waals surface area contributed by atoms with Crippen LogP contribution in [0, 0.1) is 5.82 Å². The van der Waals surface area contributed by atoms with Gasteiger partial charge in [0, 0.05) is 12.3 Å². The summed E-state index contributed by atoms with van der Waals surface area (Å²) in [5, 5.41) is 1.50. The van der Waals surface area contributed by atoms with Crippen LogP contribution in [-0.2, 0) is 21.0 Å². The third kappa shape index (κ3) is 5.08. The van der Waals surface area contributed by atoms with Crippen LogP contribution in [0.25, 0.3) is 0 Å². The smallest absolute Gasteiger partial charge is 0.417 e. The Labute approximate surface area is 210 Å². The van der Waals surface area contributed by atoms with Crippen LogP contribution in [0.3, 0.4) is 0 Å². The number of benzene rings is 2. The summed E-state index contributed by atoms with van der Waals surface area (Å²) in [6.07, 6.45) is -3.93. The Balaban J connectivity index is 1.77. The molecule has 1 aliphatic heterocycles. The van der Waals surface area contributed by atoms with Gasteiger partial charge in [-0.25, -0.2) is 17.8 Å². The first kappa shape index (κ1) is 25.7. The van der Waals surface area contributed by atoms with E-state index in [-0.39, 0.29) is 16.5 Å². The molecule has 0 fully saturated rings. The van der Waals surface area contributed by atoms with Crippen molar-refractivity contribution in [3.63, 3.8) is 0 Å². The van der Waals surface area contributed by atoms with E-state index in [9.17, 15) is 35.6 Å². The summed E-state index contributed by atoms with van der Waals surface area (Å²) in [5.74, 6) is -2.71. The van der Waals surface area contributed by atoms with E-state index in [4.69, 9.17) is 27.9 Å². The van der Waals surface area contributed by atoms with Crippen LogP contribution in [-0.4, -0.2) is 31.7 Å². The number of nitrogens with one attached hydrogen (secondary N) is 2. The number of halogens is 6. The molecule has 2 N–H and O–H groups in total. The number of carbonyl (C=O) groups is 2. The molecule has 0 aliphatic carbocycles. The Hall–Kier alpha value is -3.42. The number of sulfonamides is 1. The van der Waals surface area contributed by atoms with Gasteiger partial charge < -0.3 is 10.1 Å². The van der Waals surface area contributed by atoms with Gasteiger partial charge in [0.25, 0.3) is 15.9 Å². The number of anilines is 2. The number of alkyl halides is 3. The third-order valence-electron chi connectivity index (χ3n) is 4.79. The SMILES string of the molecule is O=C1COc2c(cc(F)cc2C(=O)c2ncc(Cl)cc2NS(=O)(=O)c2ccc(Cl)c(C(F)(F)F)c2)N1. The number of aromatic nitrogens is 1. The fraction of sp³-hybridized carbons (Fsp3) is 0.0952. The largest absolute Gasteiger partial charge is 0.481 e. The molecule has 0 saturated heterocycles. The van der Waals surface area contributed by atoms with Crippen LogP contribution >= 0.6 is 23.2 Å². The second-order valence-corrected chi connectivity index (χ2v) is 9.82. The van der Waals surface area contributed by atoms with Crippen molar-refractivity contribution in [1.29, 1.82) is 0 Å². The van der Waals surface area contributed by atoms with Crippen LogP contribution in [0.2, 0.25) is 10.0 Å². The monoisotopic (exact) mass is 563 g/mol. The molecular weight excluding hydrogens is 553 g/mol. The number of hydrogen-bond donors (Lipinski definition) is 2. The average Bonchev–Trinajstić information content (AvgIpc) is 2.77. The van der Waals surface area contributed by atoms with Crippen molar-refractivity contribution in [2.45, 2.75) is 11.1 Å². The van der Waals surface area contributed by atoms with Gasteiger partial charge >= 0.3 is 6.18 Å². The summed E-state index contributed by atoms with van der Waals surface area (Å²) < 4.78 is 86.8. The van der Waals surface area contributed by atoms with Crippen LogP contribution in [0.5, 0.6) is 5.75 Å². The zero-order chi connectivity index (χ0) is 26.4. The summed E-state index contributed by atoms with van der Waals surface area (Å²) >= 11 is 11.4. The molecule has 1 aliphatic rings. The summed E-state index contributed by atoms with van der Waals surface area (Å²) in [4.78, 5) is 27.8. The Bertz CT molecular complexity index is 1530. The Morgan fingerprint density at radius 1 is 1.14 bits per heavy atom. The molecule has 1 aromatic heterocycles. The highest BCUT2D eigenvalue weighted by molar-refractivity contribution is 7.92. The first-order valence-electron chi connectivity index (χ1n) is 9.62. The zero-order valence-electron chi connectivity index (χ0n) is 17.4. The van der Waals surface area contributed by atoms with Gasteiger partial charge in [-0.05, 0) is 30.3 Å². The topological polar surface area (TPSA) is 114 Å². The van der Waals surface area contributed by atoms with Crippen molar-refractivity contribution in [3.8, 4) is 5.75 Å². The molecule has 4 rings (SSSR count). The maximum atomic E-state index is 14.2. The molecule has 2 heterocycles. The standard InChI is InChI=1S/C21H11Cl2F4N3O5S/c22-9-3-15(30-36(33,34)11-1-2-14(23)13(6-11)21(25,26)27)18(28-7-9)19(32)12-4-10(24)5-16-20(12)35-8-17(31)29-16/h1-7,30H,8H2,(H,29,31). The fourth-order valence-electron chi connectivity index (χ4n) is 3.25. The number of rotatable bonds is 5. The van der Waals surface area contributed by atoms with E-state index in [0.29, 0.717) is 6.07 Å². The van der Waals surface area contributed by atoms with Gasteiger partial charge in [0.1, 0.15) is 11.5 Å². The molecule has 8 nitrogen and oxygen atoms in total. The van der Waals surface area contributed by atoms with Gasteiger partial charge in [-0.1, -0.05) is 23.2 Å². The predicted molar refractivity (Wildman–Crippen MR) is 120 cm³/mol. The molecular formula is C21H11Cl2F4N3O5S. The lowest BCUT2D eigenvalue weighted by Gasteiger charge is -2.21. The van der Waals surface area contributed by atoms with Gasteiger partial charge in [-0.2, -0.15) is 13.2 Å². The predicted octanol–water partition coefficient (Wildman–Crippen LogP) is 4.91. The zero-order valence-corrected chi connectivity index (χ0v) is 19.7. The lowest BCUT2D eigenvalue weighted by atomic mass is 10.0. The van der Waals surface area contributed by atoms with E-state index in [2.05, 4.69) is 10.3 Å². The van der Waals surface area contributed by atoms with Gasteiger partial charge in [0.2, 0.25) is 5.78 Å². The molecule has 3 aromatic rings. The second-order valence-electron chi connectivity index (χ2n) is 7.29. The van der Waals surface area contributed by atoms with E-state index in [0.717, 1.165) is 36.5 Å². The van der Waals surface area contributed by atoms with Crippen molar-refractivity contribution >= 4 is 56.3 Å². The van der Waals surface area contributed by atoms with Gasteiger partial charge in [-0.3, -0.25) is 14.3 Å². The highest BCUT2D eigenvalue weighted by atomic mass is 35.5. The molecule has 0 bridgehead atoms. The Kier molecular flexibility index (Phi) is 6.58. The molecule has 1 amide bonds. The number of hydrogen-bond acceptors (Lipinski definition) is 6. The molecule has 15 heteroatoms. The van der Waals surface area contributed by atoms with E-state index < -0.39 is 72.7 Å². The van der Waals surface area contributed by atoms with Crippen LogP contribution in [0.15, 0.2) is 47.5 Å². The quantitative estimate of drug-likeness (QED) is 0.337. The van der Waals surface area contributed by atoms with Crippen molar-refractivity contribution in [3.05, 3.63) is 75.3 Å². The number of ether oxygens (including phenoxy) is 1. The minimum absolute atomic E-state index is 0.124. The Morgan fingerprint density at radius 3 is 2.56 bits per heavy atom. The van der Waals surface area contributed by atoms with E-state index >= 15 is 0 Å². The minimum Gasteiger partial charge on any atom is -0.481 e. The summed E-state index contributed by atoms with van der Waals surface area (Å²) in [6.45, 7) is -0.468. The second kappa shape index (κ2) is 9.22. The molecule has 2 aromatic carbocycles. The minimum atomic E-state index is -4.94. The van der Waals surface area contributed by atoms with Crippen molar-refractivity contribution < 1.29 is 40.3 Å². The molecule has 0 unspecified atom stereocenters. The summed E-state index contributed by atoms with van der Waals surface area (Å²) in [7, 11) is -4.72. The van der Waals surface area contributed by atoms with E-state index in [1.807, 2.05) is 4.72 Å². The normalized spacial score (nSPS) is 13.4. The Morgan fingerprint density at radius 2 is 1.86 bits per heavy atom. The molecule has 0 atom stereocenters. The average molecular weight is 564 g/mol. The maximum Gasteiger partial charge on any atom is 0.417 e. The lowest BCUT2D eigenvalue weighted by Crippen LogP contribution is -2.27. The number of amides is 1. The van der Waals surface area contributed by atoms with Crippen molar-refractivity contribution in [2.24, 2.45) is 0 Å². The van der Waals surface area contributed by atoms with Gasteiger partial charge in [-0.15, -0.1) is 0 Å². The van der Waals surface area contributed by atoms with Crippen LogP contribution in [0.4, 0.5) is 28.9 Å². The number of fused-ring (bicyclic) bond motifs is 1. The molecule has 0 spiro atoms. The third-order valence-corrected chi connectivity index (χ3v) is 6.69. The number of ketones is 1. The first-order valence-corrected chi connectivity index (χ1v) is 11.9.